The second kappa shape index (κ2) is 4.81. The first-order valence-electron chi connectivity index (χ1n) is 4.53. The molecule has 4 nitrogen and oxygen atoms in total. The summed E-state index contributed by atoms with van der Waals surface area (Å²) in [6, 6.07) is 1.76. The third kappa shape index (κ3) is 2.35. The highest BCUT2D eigenvalue weighted by Crippen LogP contribution is 2.11. The highest BCUT2D eigenvalue weighted by Gasteiger charge is 2.11. The summed E-state index contributed by atoms with van der Waals surface area (Å²) < 4.78 is 9.85. The van der Waals surface area contributed by atoms with Gasteiger partial charge in [-0.2, -0.15) is 0 Å². The minimum atomic E-state index is -0.321. The van der Waals surface area contributed by atoms with Crippen molar-refractivity contribution in [2.24, 2.45) is 0 Å². The Kier molecular flexibility index (Phi) is 3.71. The number of carbonyl (C=O) groups excluding carboxylic acids is 1. The lowest BCUT2D eigenvalue weighted by Crippen LogP contribution is -2.04. The quantitative estimate of drug-likeness (QED) is 0.746. The van der Waals surface area contributed by atoms with Gasteiger partial charge in [0.25, 0.3) is 0 Å². The molecule has 0 fully saturated rings. The molecule has 0 unspecified atom stereocenters. The molecule has 0 bridgehead atoms. The lowest BCUT2D eigenvalue weighted by atomic mass is 10.2. The average molecular weight is 197 g/mol. The molecule has 0 aliphatic carbocycles. The van der Waals surface area contributed by atoms with E-state index in [0.717, 1.165) is 11.3 Å². The van der Waals surface area contributed by atoms with E-state index < -0.39 is 0 Å². The molecule has 14 heavy (non-hydrogen) atoms. The smallest absolute Gasteiger partial charge is 0.354 e. The van der Waals surface area contributed by atoms with E-state index in [1.165, 1.54) is 0 Å². The Hall–Kier alpha value is -1.29. The molecule has 0 saturated carbocycles. The van der Waals surface area contributed by atoms with Crippen molar-refractivity contribution in [1.29, 1.82) is 0 Å². The molecule has 1 N–H and O–H groups in total. The Morgan fingerprint density at radius 1 is 1.57 bits per heavy atom. The summed E-state index contributed by atoms with van der Waals surface area (Å²) in [5.41, 5.74) is 2.40. The largest absolute Gasteiger partial charge is 0.461 e. The van der Waals surface area contributed by atoms with Gasteiger partial charge in [0.05, 0.1) is 13.2 Å². The van der Waals surface area contributed by atoms with Crippen LogP contribution in [0.4, 0.5) is 0 Å². The second-order valence-electron chi connectivity index (χ2n) is 2.99. The van der Waals surface area contributed by atoms with E-state index in [1.54, 1.807) is 20.1 Å². The van der Waals surface area contributed by atoms with Crippen LogP contribution in [0.3, 0.4) is 0 Å². The Labute approximate surface area is 83.2 Å². The summed E-state index contributed by atoms with van der Waals surface area (Å²) in [5.74, 6) is -0.321. The summed E-state index contributed by atoms with van der Waals surface area (Å²) in [6.07, 6.45) is 0. The van der Waals surface area contributed by atoms with Crippen LogP contribution < -0.4 is 0 Å². The zero-order chi connectivity index (χ0) is 10.6. The van der Waals surface area contributed by atoms with Crippen LogP contribution in [0.25, 0.3) is 0 Å². The molecule has 0 radical (unpaired) electrons. The SMILES string of the molecule is CCOC(=O)c1cc(COC)c(C)[nH]1. The van der Waals surface area contributed by atoms with Gasteiger partial charge in [0, 0.05) is 12.8 Å². The molecule has 0 spiro atoms. The van der Waals surface area contributed by atoms with Crippen molar-refractivity contribution < 1.29 is 14.3 Å². The van der Waals surface area contributed by atoms with E-state index in [9.17, 15) is 4.79 Å². The van der Waals surface area contributed by atoms with Crippen LogP contribution in [0.15, 0.2) is 6.07 Å². The van der Waals surface area contributed by atoms with Crippen molar-refractivity contribution in [3.05, 3.63) is 23.0 Å². The molecule has 4 heteroatoms. The molecule has 1 rings (SSSR count). The second-order valence-corrected chi connectivity index (χ2v) is 2.99. The number of rotatable bonds is 4. The van der Waals surface area contributed by atoms with E-state index in [0.29, 0.717) is 18.9 Å². The van der Waals surface area contributed by atoms with Gasteiger partial charge < -0.3 is 14.5 Å². The van der Waals surface area contributed by atoms with Crippen molar-refractivity contribution in [3.63, 3.8) is 0 Å². The van der Waals surface area contributed by atoms with Gasteiger partial charge in [-0.25, -0.2) is 4.79 Å². The number of aromatic nitrogens is 1. The van der Waals surface area contributed by atoms with Gasteiger partial charge >= 0.3 is 5.97 Å². The van der Waals surface area contributed by atoms with E-state index in [4.69, 9.17) is 9.47 Å². The van der Waals surface area contributed by atoms with Crippen molar-refractivity contribution in [3.8, 4) is 0 Å². The predicted molar refractivity (Wildman–Crippen MR) is 52.2 cm³/mol. The number of aromatic amines is 1. The molecule has 78 valence electrons. The lowest BCUT2D eigenvalue weighted by molar-refractivity contribution is 0.0520. The van der Waals surface area contributed by atoms with Gasteiger partial charge in [-0.1, -0.05) is 0 Å². The molecule has 0 aromatic carbocycles. The highest BCUT2D eigenvalue weighted by atomic mass is 16.5. The normalized spacial score (nSPS) is 10.2. The summed E-state index contributed by atoms with van der Waals surface area (Å²) in [5, 5.41) is 0. The Morgan fingerprint density at radius 2 is 2.29 bits per heavy atom. The van der Waals surface area contributed by atoms with Crippen LogP contribution in [0.1, 0.15) is 28.7 Å². The Bertz CT molecular complexity index is 317. The van der Waals surface area contributed by atoms with Gasteiger partial charge in [0.2, 0.25) is 0 Å². The van der Waals surface area contributed by atoms with Gasteiger partial charge in [0.15, 0.2) is 0 Å². The van der Waals surface area contributed by atoms with Crippen LogP contribution in [0, 0.1) is 6.92 Å². The minimum absolute atomic E-state index is 0.321. The number of carbonyl (C=O) groups is 1. The summed E-state index contributed by atoms with van der Waals surface area (Å²) >= 11 is 0. The summed E-state index contributed by atoms with van der Waals surface area (Å²) in [7, 11) is 1.62. The first-order chi connectivity index (χ1) is 6.69. The predicted octanol–water partition coefficient (Wildman–Crippen LogP) is 1.65. The van der Waals surface area contributed by atoms with E-state index in [2.05, 4.69) is 4.98 Å². The first-order valence-corrected chi connectivity index (χ1v) is 4.53. The molecule has 1 aromatic rings. The van der Waals surface area contributed by atoms with Crippen LogP contribution in [-0.2, 0) is 16.1 Å². The number of hydrogen-bond donors (Lipinski definition) is 1. The molecule has 0 saturated heterocycles. The number of hydrogen-bond acceptors (Lipinski definition) is 3. The van der Waals surface area contributed by atoms with Gasteiger partial charge in [0.1, 0.15) is 5.69 Å². The number of methoxy groups -OCH3 is 1. The topological polar surface area (TPSA) is 51.3 Å². The summed E-state index contributed by atoms with van der Waals surface area (Å²) in [4.78, 5) is 14.3. The number of H-pyrrole nitrogens is 1. The maximum atomic E-state index is 11.3. The van der Waals surface area contributed by atoms with Gasteiger partial charge in [-0.15, -0.1) is 0 Å². The van der Waals surface area contributed by atoms with Crippen molar-refractivity contribution >= 4 is 5.97 Å². The zero-order valence-corrected chi connectivity index (χ0v) is 8.72. The Morgan fingerprint density at radius 3 is 2.86 bits per heavy atom. The van der Waals surface area contributed by atoms with Crippen LogP contribution in [0.5, 0.6) is 0 Å². The molecule has 0 atom stereocenters. The molecular weight excluding hydrogens is 182 g/mol. The molecular formula is C10H15NO3. The minimum Gasteiger partial charge on any atom is -0.461 e. The third-order valence-electron chi connectivity index (χ3n) is 1.92. The van der Waals surface area contributed by atoms with Crippen LogP contribution in [-0.4, -0.2) is 24.7 Å². The summed E-state index contributed by atoms with van der Waals surface area (Å²) in [6.45, 7) is 4.57. The monoisotopic (exact) mass is 197 g/mol. The van der Waals surface area contributed by atoms with Crippen molar-refractivity contribution in [2.45, 2.75) is 20.5 Å². The highest BCUT2D eigenvalue weighted by molar-refractivity contribution is 5.87. The number of nitrogens with one attached hydrogen (secondary N) is 1. The fourth-order valence-electron chi connectivity index (χ4n) is 1.23. The van der Waals surface area contributed by atoms with Gasteiger partial charge in [-0.3, -0.25) is 0 Å². The third-order valence-corrected chi connectivity index (χ3v) is 1.92. The van der Waals surface area contributed by atoms with E-state index in [1.807, 2.05) is 6.92 Å². The number of aryl methyl sites for hydroxylation is 1. The van der Waals surface area contributed by atoms with Crippen LogP contribution >= 0.6 is 0 Å². The molecule has 0 amide bonds. The van der Waals surface area contributed by atoms with E-state index >= 15 is 0 Å². The maximum absolute atomic E-state index is 11.3. The molecule has 0 aliphatic rings. The standard InChI is InChI=1S/C10H15NO3/c1-4-14-10(12)9-5-8(6-13-3)7(2)11-9/h5,11H,4,6H2,1-3H3. The number of esters is 1. The van der Waals surface area contributed by atoms with Crippen molar-refractivity contribution in [2.75, 3.05) is 13.7 Å². The zero-order valence-electron chi connectivity index (χ0n) is 8.72. The van der Waals surface area contributed by atoms with Gasteiger partial charge in [-0.05, 0) is 25.5 Å². The molecule has 1 aromatic heterocycles. The fourth-order valence-corrected chi connectivity index (χ4v) is 1.23. The number of ether oxygens (including phenoxy) is 2. The maximum Gasteiger partial charge on any atom is 0.354 e. The van der Waals surface area contributed by atoms with E-state index in [-0.39, 0.29) is 5.97 Å². The van der Waals surface area contributed by atoms with Crippen molar-refractivity contribution in [1.82, 2.24) is 4.98 Å². The molecule has 1 heterocycles. The molecule has 0 aliphatic heterocycles. The van der Waals surface area contributed by atoms with Crippen LogP contribution in [0.2, 0.25) is 0 Å². The first kappa shape index (κ1) is 10.8. The average Bonchev–Trinajstić information content (AvgIpc) is 2.49. The fraction of sp³-hybridized carbons (Fsp3) is 0.500. The lowest BCUT2D eigenvalue weighted by Gasteiger charge is -1.96. The Balaban J connectivity index is 2.79.